The quantitative estimate of drug-likeness (QED) is 0.401. The zero-order chi connectivity index (χ0) is 23.0. The highest BCUT2D eigenvalue weighted by Gasteiger charge is 2.68. The maximum Gasteiger partial charge on any atom is 0.234 e. The van der Waals surface area contributed by atoms with Crippen LogP contribution in [-0.2, 0) is 16.0 Å². The third kappa shape index (κ3) is 2.71. The molecule has 1 saturated carbocycles. The highest BCUT2D eigenvalue weighted by atomic mass is 16.5. The molecule has 8 rings (SSSR count). The SMILES string of the molecule is COc1cccc2c1C1CN(CCCC[C@@]34C(=O)NC(=O)C3C3C=CC4C4C=CC43)CC1CC2. The summed E-state index contributed by atoms with van der Waals surface area (Å²) in [7, 11) is 1.79. The van der Waals surface area contributed by atoms with Crippen LogP contribution in [0.5, 0.6) is 5.75 Å². The number of carbonyl (C=O) groups excluding carboxylic acids is 2. The lowest BCUT2D eigenvalue weighted by molar-refractivity contribution is -0.142. The first-order chi connectivity index (χ1) is 16.6. The van der Waals surface area contributed by atoms with E-state index in [-0.39, 0.29) is 29.6 Å². The number of methoxy groups -OCH3 is 1. The number of aryl methyl sites for hydroxylation is 1. The van der Waals surface area contributed by atoms with E-state index in [0.717, 1.165) is 51.1 Å². The summed E-state index contributed by atoms with van der Waals surface area (Å²) >= 11 is 0. The van der Waals surface area contributed by atoms with E-state index in [1.54, 1.807) is 7.11 Å². The maximum absolute atomic E-state index is 13.2. The average Bonchev–Trinajstić information content (AvgIpc) is 3.35. The van der Waals surface area contributed by atoms with Crippen LogP contribution in [0.1, 0.15) is 42.7 Å². The minimum Gasteiger partial charge on any atom is -0.496 e. The zero-order valence-corrected chi connectivity index (χ0v) is 19.9. The van der Waals surface area contributed by atoms with Gasteiger partial charge in [0, 0.05) is 24.6 Å². The highest BCUT2D eigenvalue weighted by Crippen LogP contribution is 2.64. The molecule has 5 heteroatoms. The Bertz CT molecular complexity index is 1090. The predicted octanol–water partition coefficient (Wildman–Crippen LogP) is 3.70. The van der Waals surface area contributed by atoms with Crippen molar-refractivity contribution in [2.24, 2.45) is 40.9 Å². The Balaban J connectivity index is 1.03. The van der Waals surface area contributed by atoms with Crippen LogP contribution in [0.4, 0.5) is 0 Å². The van der Waals surface area contributed by atoms with Crippen molar-refractivity contribution in [3.8, 4) is 5.75 Å². The molecule has 2 saturated heterocycles. The van der Waals surface area contributed by atoms with Crippen LogP contribution in [0.2, 0.25) is 0 Å². The van der Waals surface area contributed by atoms with Crippen molar-refractivity contribution < 1.29 is 14.3 Å². The summed E-state index contributed by atoms with van der Waals surface area (Å²) in [5, 5.41) is 2.74. The number of likely N-dealkylation sites (tertiary alicyclic amines) is 1. The van der Waals surface area contributed by atoms with Gasteiger partial charge in [-0.25, -0.2) is 0 Å². The number of carbonyl (C=O) groups is 2. The van der Waals surface area contributed by atoms with Gasteiger partial charge in [0.05, 0.1) is 18.4 Å². The highest BCUT2D eigenvalue weighted by molar-refractivity contribution is 6.08. The molecular formula is C29H34N2O3. The van der Waals surface area contributed by atoms with Crippen LogP contribution >= 0.6 is 0 Å². The van der Waals surface area contributed by atoms with E-state index in [1.165, 1.54) is 17.5 Å². The molecule has 178 valence electrons. The molecule has 7 aliphatic rings. The van der Waals surface area contributed by atoms with Gasteiger partial charge in [0.25, 0.3) is 0 Å². The van der Waals surface area contributed by atoms with E-state index in [0.29, 0.717) is 23.7 Å². The summed E-state index contributed by atoms with van der Waals surface area (Å²) in [6, 6.07) is 6.51. The number of imide groups is 1. The van der Waals surface area contributed by atoms with Crippen LogP contribution < -0.4 is 10.1 Å². The number of hydrogen-bond acceptors (Lipinski definition) is 4. The first kappa shape index (κ1) is 20.9. The molecule has 5 nitrogen and oxygen atoms in total. The fraction of sp³-hybridized carbons (Fsp3) is 0.586. The first-order valence-electron chi connectivity index (χ1n) is 13.2. The van der Waals surface area contributed by atoms with Gasteiger partial charge in [-0.3, -0.25) is 14.9 Å². The molecule has 2 heterocycles. The standard InChI is InChI=1S/C29H34N2O3/c1-34-24-6-4-5-17-7-8-18-15-31(16-22(18)25(17)24)14-3-2-13-29-23-12-11-21(19-9-10-20(19)23)26(29)27(32)30-28(29)33/h4-6,9-12,18-23,26H,2-3,7-8,13-16H2,1H3,(H,30,32,33)/t18?,19?,20?,21?,22?,23?,26?,29-/m0/s1. The third-order valence-corrected chi connectivity index (χ3v) is 10.2. The Morgan fingerprint density at radius 1 is 1.06 bits per heavy atom. The summed E-state index contributed by atoms with van der Waals surface area (Å²) in [6.07, 6.45) is 14.4. The average molecular weight is 459 g/mol. The molecule has 0 radical (unpaired) electrons. The van der Waals surface area contributed by atoms with E-state index in [4.69, 9.17) is 4.74 Å². The van der Waals surface area contributed by atoms with Crippen molar-refractivity contribution in [2.45, 2.75) is 38.0 Å². The molecule has 3 fully saturated rings. The van der Waals surface area contributed by atoms with Crippen molar-refractivity contribution in [3.63, 3.8) is 0 Å². The number of benzene rings is 1. The topological polar surface area (TPSA) is 58.6 Å². The van der Waals surface area contributed by atoms with Crippen molar-refractivity contribution in [3.05, 3.63) is 53.6 Å². The van der Waals surface area contributed by atoms with Gasteiger partial charge in [0.2, 0.25) is 11.8 Å². The largest absolute Gasteiger partial charge is 0.496 e. The van der Waals surface area contributed by atoms with Crippen molar-refractivity contribution in [1.82, 2.24) is 10.2 Å². The Morgan fingerprint density at radius 3 is 2.74 bits per heavy atom. The fourth-order valence-electron chi connectivity index (χ4n) is 8.72. The van der Waals surface area contributed by atoms with Gasteiger partial charge < -0.3 is 9.64 Å². The van der Waals surface area contributed by atoms with Crippen molar-refractivity contribution >= 4 is 11.8 Å². The number of amides is 2. The van der Waals surface area contributed by atoms with Crippen LogP contribution in [0.3, 0.4) is 0 Å². The van der Waals surface area contributed by atoms with Gasteiger partial charge in [-0.15, -0.1) is 0 Å². The van der Waals surface area contributed by atoms with Gasteiger partial charge in [0.1, 0.15) is 5.75 Å². The van der Waals surface area contributed by atoms with Crippen LogP contribution in [-0.4, -0.2) is 43.5 Å². The minimum absolute atomic E-state index is 0.00325. The number of hydrogen-bond donors (Lipinski definition) is 1. The van der Waals surface area contributed by atoms with Gasteiger partial charge in [-0.1, -0.05) is 42.9 Å². The Morgan fingerprint density at radius 2 is 1.91 bits per heavy atom. The van der Waals surface area contributed by atoms with E-state index in [9.17, 15) is 9.59 Å². The van der Waals surface area contributed by atoms with Crippen LogP contribution in [0.25, 0.3) is 0 Å². The number of nitrogens with zero attached hydrogens (tertiary/aromatic N) is 1. The molecule has 2 amide bonds. The lowest BCUT2D eigenvalue weighted by Gasteiger charge is -2.57. The first-order valence-corrected chi connectivity index (χ1v) is 13.2. The van der Waals surface area contributed by atoms with E-state index in [1.807, 2.05) is 0 Å². The zero-order valence-electron chi connectivity index (χ0n) is 19.9. The van der Waals surface area contributed by atoms with Crippen LogP contribution in [0.15, 0.2) is 42.5 Å². The summed E-state index contributed by atoms with van der Waals surface area (Å²) in [5.41, 5.74) is 2.39. The minimum atomic E-state index is -0.520. The molecule has 2 aliphatic heterocycles. The lowest BCUT2D eigenvalue weighted by Crippen LogP contribution is -2.58. The van der Waals surface area contributed by atoms with Gasteiger partial charge >= 0.3 is 0 Å². The van der Waals surface area contributed by atoms with Crippen molar-refractivity contribution in [1.29, 1.82) is 0 Å². The summed E-state index contributed by atoms with van der Waals surface area (Å²) in [4.78, 5) is 28.6. The molecule has 0 spiro atoms. The second kappa shape index (κ2) is 7.55. The summed E-state index contributed by atoms with van der Waals surface area (Å²) < 4.78 is 5.73. The number of unbranched alkanes of at least 4 members (excludes halogenated alkanes) is 1. The number of ether oxygens (including phenoxy) is 1. The van der Waals surface area contributed by atoms with E-state index >= 15 is 0 Å². The Hall–Kier alpha value is -2.40. The fourth-order valence-corrected chi connectivity index (χ4v) is 8.72. The third-order valence-electron chi connectivity index (χ3n) is 10.2. The molecule has 1 aromatic carbocycles. The summed E-state index contributed by atoms with van der Waals surface area (Å²) in [6.45, 7) is 3.34. The molecule has 1 aromatic rings. The Kier molecular flexibility index (Phi) is 4.65. The number of fused-ring (bicyclic) bond motifs is 3. The predicted molar refractivity (Wildman–Crippen MR) is 129 cm³/mol. The second-order valence-corrected chi connectivity index (χ2v) is 11.5. The smallest absolute Gasteiger partial charge is 0.234 e. The monoisotopic (exact) mass is 458 g/mol. The van der Waals surface area contributed by atoms with Crippen molar-refractivity contribution in [2.75, 3.05) is 26.7 Å². The Labute approximate surface area is 201 Å². The molecule has 5 aliphatic carbocycles. The summed E-state index contributed by atoms with van der Waals surface area (Å²) in [5.74, 6) is 3.42. The molecule has 1 N–H and O–H groups in total. The normalized spacial score (nSPS) is 40.9. The van der Waals surface area contributed by atoms with Gasteiger partial charge in [0.15, 0.2) is 0 Å². The van der Waals surface area contributed by atoms with E-state index in [2.05, 4.69) is 52.7 Å². The molecule has 0 aromatic heterocycles. The lowest BCUT2D eigenvalue weighted by atomic mass is 9.43. The molecular weight excluding hydrogens is 424 g/mol. The van der Waals surface area contributed by atoms with Gasteiger partial charge in [-0.2, -0.15) is 0 Å². The van der Waals surface area contributed by atoms with Crippen LogP contribution in [0, 0.1) is 40.9 Å². The van der Waals surface area contributed by atoms with E-state index < -0.39 is 5.41 Å². The second-order valence-electron chi connectivity index (χ2n) is 11.5. The molecule has 8 atom stereocenters. The van der Waals surface area contributed by atoms with Gasteiger partial charge in [-0.05, 0) is 73.4 Å². The molecule has 2 bridgehead atoms. The number of rotatable bonds is 6. The number of nitrogens with one attached hydrogen (secondary N) is 1. The molecule has 7 unspecified atom stereocenters. The maximum atomic E-state index is 13.2. The number of allylic oxidation sites excluding steroid dienone is 4. The molecule has 34 heavy (non-hydrogen) atoms.